The van der Waals surface area contributed by atoms with Crippen molar-refractivity contribution in [2.75, 3.05) is 26.8 Å². The highest BCUT2D eigenvalue weighted by molar-refractivity contribution is 7.14. The molecular weight excluding hydrogens is 282 g/mol. The first-order chi connectivity index (χ1) is 10.3. The normalized spacial score (nSPS) is 11.0. The summed E-state index contributed by atoms with van der Waals surface area (Å²) < 4.78 is 4.99. The number of hydrogen-bond acceptors (Lipinski definition) is 5. The maximum Gasteiger partial charge on any atom is 0.147 e. The molecule has 1 aromatic heterocycles. The summed E-state index contributed by atoms with van der Waals surface area (Å²) in [4.78, 5) is 0. The van der Waals surface area contributed by atoms with Gasteiger partial charge in [-0.15, -0.1) is 10.2 Å². The molecule has 0 aliphatic heterocycles. The second-order valence-corrected chi connectivity index (χ2v) is 5.96. The van der Waals surface area contributed by atoms with Crippen LogP contribution in [0.5, 0.6) is 0 Å². The van der Waals surface area contributed by atoms with E-state index in [1.807, 2.05) is 0 Å². The predicted octanol–water partition coefficient (Wildman–Crippen LogP) is 2.94. The zero-order valence-corrected chi connectivity index (χ0v) is 13.6. The molecular formula is C16H23N3OS. The first-order valence-corrected chi connectivity index (χ1v) is 8.26. The fourth-order valence-electron chi connectivity index (χ4n) is 2.02. The van der Waals surface area contributed by atoms with Crippen molar-refractivity contribution in [2.45, 2.75) is 26.2 Å². The minimum atomic E-state index is 0.761. The average Bonchev–Trinajstić information content (AvgIpc) is 3.00. The molecule has 0 saturated carbocycles. The second-order valence-electron chi connectivity index (χ2n) is 4.90. The van der Waals surface area contributed by atoms with Crippen LogP contribution in [0.1, 0.15) is 23.9 Å². The number of aryl methyl sites for hydroxylation is 2. The van der Waals surface area contributed by atoms with Crippen molar-refractivity contribution >= 4 is 11.3 Å². The number of nitrogens with zero attached hydrogens (tertiary/aromatic N) is 2. The van der Waals surface area contributed by atoms with Crippen molar-refractivity contribution in [1.29, 1.82) is 0 Å². The molecule has 1 heterocycles. The van der Waals surface area contributed by atoms with Crippen molar-refractivity contribution in [3.05, 3.63) is 34.8 Å². The molecule has 0 radical (unpaired) electrons. The molecule has 0 spiro atoms. The number of nitrogens with one attached hydrogen (secondary N) is 1. The van der Waals surface area contributed by atoms with Gasteiger partial charge in [-0.05, 0) is 24.9 Å². The van der Waals surface area contributed by atoms with Crippen LogP contribution in [0.3, 0.4) is 0 Å². The number of hydrogen-bond donors (Lipinski definition) is 1. The molecule has 1 aromatic carbocycles. The highest BCUT2D eigenvalue weighted by Crippen LogP contribution is 2.24. The molecule has 4 nitrogen and oxygen atoms in total. The molecule has 0 bridgehead atoms. The highest BCUT2D eigenvalue weighted by Gasteiger charge is 2.06. The van der Waals surface area contributed by atoms with E-state index >= 15 is 0 Å². The van der Waals surface area contributed by atoms with Gasteiger partial charge < -0.3 is 10.1 Å². The van der Waals surface area contributed by atoms with Gasteiger partial charge in [0.15, 0.2) is 0 Å². The van der Waals surface area contributed by atoms with Crippen LogP contribution in [-0.4, -0.2) is 37.0 Å². The lowest BCUT2D eigenvalue weighted by Gasteiger charge is -2.01. The summed E-state index contributed by atoms with van der Waals surface area (Å²) in [7, 11) is 1.72. The standard InChI is InChI=1S/C16H23N3OS/c1-3-13-6-8-14(9-7-13)16-19-18-15(21-16)5-4-10-17-11-12-20-2/h6-9,17H,3-5,10-12H2,1-2H3. The minimum Gasteiger partial charge on any atom is -0.383 e. The Kier molecular flexibility index (Phi) is 6.79. The van der Waals surface area contributed by atoms with Crippen LogP contribution < -0.4 is 5.32 Å². The van der Waals surface area contributed by atoms with Crippen molar-refractivity contribution < 1.29 is 4.74 Å². The lowest BCUT2D eigenvalue weighted by atomic mass is 10.1. The number of methoxy groups -OCH3 is 1. The van der Waals surface area contributed by atoms with Crippen LogP contribution in [-0.2, 0) is 17.6 Å². The summed E-state index contributed by atoms with van der Waals surface area (Å²) in [5, 5.41) is 14.0. The molecule has 114 valence electrons. The summed E-state index contributed by atoms with van der Waals surface area (Å²) >= 11 is 1.69. The Labute approximate surface area is 130 Å². The Bertz CT molecular complexity index is 525. The molecule has 5 heteroatoms. The maximum atomic E-state index is 4.99. The van der Waals surface area contributed by atoms with Gasteiger partial charge in [-0.1, -0.05) is 42.5 Å². The van der Waals surface area contributed by atoms with Gasteiger partial charge in [0.25, 0.3) is 0 Å². The molecule has 21 heavy (non-hydrogen) atoms. The number of ether oxygens (including phenoxy) is 1. The van der Waals surface area contributed by atoms with Crippen LogP contribution in [0, 0.1) is 0 Å². The largest absolute Gasteiger partial charge is 0.383 e. The van der Waals surface area contributed by atoms with E-state index in [0.29, 0.717) is 0 Å². The smallest absolute Gasteiger partial charge is 0.147 e. The van der Waals surface area contributed by atoms with Crippen molar-refractivity contribution in [2.24, 2.45) is 0 Å². The van der Waals surface area contributed by atoms with Crippen LogP contribution in [0.25, 0.3) is 10.6 Å². The van der Waals surface area contributed by atoms with Crippen LogP contribution in [0.2, 0.25) is 0 Å². The topological polar surface area (TPSA) is 47.0 Å². The SMILES string of the molecule is CCc1ccc(-c2nnc(CCCNCCOC)s2)cc1. The van der Waals surface area contributed by atoms with E-state index in [-0.39, 0.29) is 0 Å². The number of benzene rings is 1. The van der Waals surface area contributed by atoms with E-state index in [2.05, 4.69) is 46.7 Å². The van der Waals surface area contributed by atoms with E-state index in [4.69, 9.17) is 4.74 Å². The van der Waals surface area contributed by atoms with Gasteiger partial charge >= 0.3 is 0 Å². The predicted molar refractivity (Wildman–Crippen MR) is 87.8 cm³/mol. The molecule has 0 saturated heterocycles. The van der Waals surface area contributed by atoms with Gasteiger partial charge in [-0.25, -0.2) is 0 Å². The number of aromatic nitrogens is 2. The molecule has 0 aliphatic rings. The lowest BCUT2D eigenvalue weighted by Crippen LogP contribution is -2.20. The van der Waals surface area contributed by atoms with Crippen LogP contribution in [0.15, 0.2) is 24.3 Å². The molecule has 0 fully saturated rings. The van der Waals surface area contributed by atoms with Crippen LogP contribution >= 0.6 is 11.3 Å². The van der Waals surface area contributed by atoms with Gasteiger partial charge in [0.2, 0.25) is 0 Å². The summed E-state index contributed by atoms with van der Waals surface area (Å²) in [5.41, 5.74) is 2.51. The third-order valence-corrected chi connectivity index (χ3v) is 4.34. The van der Waals surface area contributed by atoms with E-state index in [1.54, 1.807) is 18.4 Å². The summed E-state index contributed by atoms with van der Waals surface area (Å²) in [6.07, 6.45) is 3.12. The molecule has 0 atom stereocenters. The van der Waals surface area contributed by atoms with Gasteiger partial charge in [0.05, 0.1) is 6.61 Å². The quantitative estimate of drug-likeness (QED) is 0.724. The van der Waals surface area contributed by atoms with E-state index in [1.165, 1.54) is 5.56 Å². The summed E-state index contributed by atoms with van der Waals surface area (Å²) in [5.74, 6) is 0. The molecule has 2 rings (SSSR count). The Balaban J connectivity index is 1.80. The zero-order chi connectivity index (χ0) is 14.9. The molecule has 0 unspecified atom stereocenters. The molecule has 1 N–H and O–H groups in total. The average molecular weight is 305 g/mol. The Hall–Kier alpha value is -1.30. The fourth-order valence-corrected chi connectivity index (χ4v) is 2.90. The maximum absolute atomic E-state index is 4.99. The zero-order valence-electron chi connectivity index (χ0n) is 12.8. The molecule has 0 aliphatic carbocycles. The van der Waals surface area contributed by atoms with Gasteiger partial charge in [0.1, 0.15) is 10.0 Å². The first-order valence-electron chi connectivity index (χ1n) is 7.45. The Morgan fingerprint density at radius 1 is 1.14 bits per heavy atom. The van der Waals surface area contributed by atoms with Crippen molar-refractivity contribution in [3.63, 3.8) is 0 Å². The van der Waals surface area contributed by atoms with E-state index in [9.17, 15) is 0 Å². The summed E-state index contributed by atoms with van der Waals surface area (Å²) in [6, 6.07) is 8.59. The minimum absolute atomic E-state index is 0.761. The van der Waals surface area contributed by atoms with Gasteiger partial charge in [0, 0.05) is 25.6 Å². The van der Waals surface area contributed by atoms with Crippen molar-refractivity contribution in [3.8, 4) is 10.6 Å². The fraction of sp³-hybridized carbons (Fsp3) is 0.500. The summed E-state index contributed by atoms with van der Waals surface area (Å²) in [6.45, 7) is 4.82. The van der Waals surface area contributed by atoms with E-state index < -0.39 is 0 Å². The third kappa shape index (κ3) is 5.19. The Morgan fingerprint density at radius 2 is 1.95 bits per heavy atom. The van der Waals surface area contributed by atoms with E-state index in [0.717, 1.165) is 54.5 Å². The van der Waals surface area contributed by atoms with Crippen molar-refractivity contribution in [1.82, 2.24) is 15.5 Å². The number of rotatable bonds is 9. The third-order valence-electron chi connectivity index (χ3n) is 3.30. The molecule has 0 amide bonds. The lowest BCUT2D eigenvalue weighted by molar-refractivity contribution is 0.199. The Morgan fingerprint density at radius 3 is 2.67 bits per heavy atom. The van der Waals surface area contributed by atoms with Gasteiger partial charge in [-0.3, -0.25) is 0 Å². The highest BCUT2D eigenvalue weighted by atomic mass is 32.1. The second kappa shape index (κ2) is 8.87. The van der Waals surface area contributed by atoms with Gasteiger partial charge in [-0.2, -0.15) is 0 Å². The monoisotopic (exact) mass is 305 g/mol. The molecule has 2 aromatic rings. The van der Waals surface area contributed by atoms with Crippen LogP contribution in [0.4, 0.5) is 0 Å². The first kappa shape index (κ1) is 16.1.